The Balaban J connectivity index is 3.05. The first-order valence-electron chi connectivity index (χ1n) is 6.53. The molecule has 0 aliphatic heterocycles. The first kappa shape index (κ1) is 15.8. The molecule has 0 aromatic heterocycles. The Kier molecular flexibility index (Phi) is 5.17. The Morgan fingerprint density at radius 2 is 1.95 bits per heavy atom. The lowest BCUT2D eigenvalue weighted by Gasteiger charge is -2.22. The lowest BCUT2D eigenvalue weighted by atomic mass is 9.86. The van der Waals surface area contributed by atoms with Crippen LogP contribution in [0.3, 0.4) is 0 Å². The number of aliphatic carboxylic acids is 1. The third-order valence-electron chi connectivity index (χ3n) is 2.86. The average Bonchev–Trinajstić information content (AvgIpc) is 2.25. The van der Waals surface area contributed by atoms with Crippen molar-refractivity contribution in [2.75, 3.05) is 0 Å². The molecule has 0 heterocycles. The summed E-state index contributed by atoms with van der Waals surface area (Å²) in [7, 11) is -0.856. The fourth-order valence-electron chi connectivity index (χ4n) is 1.78. The minimum atomic E-state index is -0.856. The molecule has 0 fully saturated rings. The molecule has 0 saturated heterocycles. The smallest absolute Gasteiger partial charge is 0.303 e. The number of carboxylic acids is 1. The maximum Gasteiger partial charge on any atom is 0.303 e. The van der Waals surface area contributed by atoms with Crippen molar-refractivity contribution in [1.29, 1.82) is 0 Å². The van der Waals surface area contributed by atoms with Crippen LogP contribution in [0.2, 0.25) is 13.1 Å². The molecule has 0 bridgehead atoms. The molecule has 0 amide bonds. The molecule has 4 heteroatoms. The molecule has 0 unspecified atom stereocenters. The van der Waals surface area contributed by atoms with Crippen LogP contribution in [-0.2, 0) is 16.6 Å². The van der Waals surface area contributed by atoms with Crippen LogP contribution in [0.25, 0.3) is 0 Å². The van der Waals surface area contributed by atoms with Gasteiger partial charge >= 0.3 is 5.97 Å². The fourth-order valence-corrected chi connectivity index (χ4v) is 2.41. The van der Waals surface area contributed by atoms with E-state index in [-0.39, 0.29) is 11.8 Å². The van der Waals surface area contributed by atoms with Crippen molar-refractivity contribution in [3.8, 4) is 5.75 Å². The largest absolute Gasteiger partial charge is 0.542 e. The number of benzene rings is 1. The number of carbonyl (C=O) groups is 1. The van der Waals surface area contributed by atoms with Gasteiger partial charge < -0.3 is 9.53 Å². The van der Waals surface area contributed by atoms with Gasteiger partial charge in [-0.1, -0.05) is 32.9 Å². The van der Waals surface area contributed by atoms with Gasteiger partial charge in [-0.15, -0.1) is 0 Å². The average molecular weight is 279 g/mol. The molecule has 0 saturated carbocycles. The molecule has 1 aromatic carbocycles. The molecule has 0 atom stereocenters. The van der Waals surface area contributed by atoms with Gasteiger partial charge in [-0.2, -0.15) is 0 Å². The normalized spacial score (nSPS) is 11.7. The monoisotopic (exact) mass is 279 g/mol. The summed E-state index contributed by atoms with van der Waals surface area (Å²) in [5.74, 6) is 0.0805. The summed E-state index contributed by atoms with van der Waals surface area (Å²) < 4.78 is 5.92. The highest BCUT2D eigenvalue weighted by Gasteiger charge is 2.17. The van der Waals surface area contributed by atoms with Gasteiger partial charge in [-0.05, 0) is 42.1 Å². The summed E-state index contributed by atoms with van der Waals surface area (Å²) in [4.78, 5) is 10.7. The van der Waals surface area contributed by atoms with Crippen molar-refractivity contribution >= 4 is 15.0 Å². The number of carboxylic acid groups (broad SMARTS) is 1. The number of aryl methyl sites for hydroxylation is 1. The third kappa shape index (κ3) is 5.07. The highest BCUT2D eigenvalue weighted by molar-refractivity contribution is 6.49. The molecule has 19 heavy (non-hydrogen) atoms. The second-order valence-corrected chi connectivity index (χ2v) is 8.00. The Bertz CT molecular complexity index is 447. The van der Waals surface area contributed by atoms with E-state index in [9.17, 15) is 4.79 Å². The van der Waals surface area contributed by atoms with Crippen LogP contribution in [0.1, 0.15) is 38.3 Å². The fraction of sp³-hybridized carbons (Fsp3) is 0.533. The van der Waals surface area contributed by atoms with Crippen molar-refractivity contribution in [3.63, 3.8) is 0 Å². The number of hydrogen-bond acceptors (Lipinski definition) is 2. The van der Waals surface area contributed by atoms with Crippen molar-refractivity contribution in [2.24, 2.45) is 0 Å². The van der Waals surface area contributed by atoms with E-state index in [4.69, 9.17) is 9.53 Å². The molecule has 0 aliphatic carbocycles. The van der Waals surface area contributed by atoms with E-state index in [0.717, 1.165) is 11.3 Å². The highest BCUT2D eigenvalue weighted by atomic mass is 28.3. The number of hydrogen-bond donors (Lipinski definition) is 1. The van der Waals surface area contributed by atoms with Crippen molar-refractivity contribution in [1.82, 2.24) is 0 Å². The molecule has 105 valence electrons. The zero-order chi connectivity index (χ0) is 14.6. The quantitative estimate of drug-likeness (QED) is 0.837. The van der Waals surface area contributed by atoms with Crippen LogP contribution >= 0.6 is 0 Å². The minimum Gasteiger partial charge on any atom is -0.542 e. The molecule has 1 aromatic rings. The van der Waals surface area contributed by atoms with Crippen LogP contribution < -0.4 is 4.43 Å². The maximum atomic E-state index is 10.7. The summed E-state index contributed by atoms with van der Waals surface area (Å²) in [5, 5.41) is 8.80. The summed E-state index contributed by atoms with van der Waals surface area (Å²) >= 11 is 0. The van der Waals surface area contributed by atoms with Gasteiger partial charge in [0.05, 0.1) is 0 Å². The van der Waals surface area contributed by atoms with E-state index in [1.165, 1.54) is 5.56 Å². The van der Waals surface area contributed by atoms with E-state index in [1.54, 1.807) is 0 Å². The van der Waals surface area contributed by atoms with Gasteiger partial charge in [-0.3, -0.25) is 4.79 Å². The van der Waals surface area contributed by atoms with Crippen LogP contribution in [0.5, 0.6) is 5.75 Å². The second kappa shape index (κ2) is 6.24. The van der Waals surface area contributed by atoms with Crippen molar-refractivity contribution < 1.29 is 14.3 Å². The van der Waals surface area contributed by atoms with Gasteiger partial charge in [0.15, 0.2) is 0 Å². The van der Waals surface area contributed by atoms with Crippen LogP contribution in [-0.4, -0.2) is 20.1 Å². The Hall–Kier alpha value is -1.29. The number of rotatable bonds is 5. The first-order valence-corrected chi connectivity index (χ1v) is 8.94. The van der Waals surface area contributed by atoms with Gasteiger partial charge in [0.2, 0.25) is 0 Å². The lowest BCUT2D eigenvalue weighted by molar-refractivity contribution is -0.136. The molecule has 1 rings (SSSR count). The summed E-state index contributed by atoms with van der Waals surface area (Å²) in [5.41, 5.74) is 2.27. The summed E-state index contributed by atoms with van der Waals surface area (Å²) in [6.45, 7) is 10.6. The third-order valence-corrected chi connectivity index (χ3v) is 3.48. The predicted molar refractivity (Wildman–Crippen MR) is 79.2 cm³/mol. The molecule has 0 spiro atoms. The Morgan fingerprint density at radius 3 is 2.42 bits per heavy atom. The standard InChI is InChI=1S/C15H23O3Si/c1-15(2,3)12-8-6-11(7-9-14(16)17)13(10-12)18-19(4)5/h6,8,10H,7,9H2,1-5H3,(H,16,17). The van der Waals surface area contributed by atoms with E-state index in [0.29, 0.717) is 6.42 Å². The van der Waals surface area contributed by atoms with Crippen molar-refractivity contribution in [3.05, 3.63) is 29.3 Å². The van der Waals surface area contributed by atoms with Gasteiger partial charge in [0.1, 0.15) is 5.75 Å². The van der Waals surface area contributed by atoms with Gasteiger partial charge in [0.25, 0.3) is 9.04 Å². The SMILES string of the molecule is C[Si](C)Oc1cc(C(C)(C)C)ccc1CCC(=O)O. The summed E-state index contributed by atoms with van der Waals surface area (Å²) in [6, 6.07) is 6.14. The Morgan fingerprint density at radius 1 is 1.32 bits per heavy atom. The van der Waals surface area contributed by atoms with Crippen LogP contribution in [0.15, 0.2) is 18.2 Å². The van der Waals surface area contributed by atoms with E-state index in [1.807, 2.05) is 6.07 Å². The molecular weight excluding hydrogens is 256 g/mol. The molecule has 0 aliphatic rings. The van der Waals surface area contributed by atoms with Gasteiger partial charge in [0, 0.05) is 6.42 Å². The minimum absolute atomic E-state index is 0.0673. The van der Waals surface area contributed by atoms with E-state index < -0.39 is 15.0 Å². The zero-order valence-electron chi connectivity index (χ0n) is 12.4. The zero-order valence-corrected chi connectivity index (χ0v) is 13.4. The summed E-state index contributed by atoms with van der Waals surface area (Å²) in [6.07, 6.45) is 0.658. The van der Waals surface area contributed by atoms with Gasteiger partial charge in [-0.25, -0.2) is 0 Å². The van der Waals surface area contributed by atoms with Crippen LogP contribution in [0.4, 0.5) is 0 Å². The second-order valence-electron chi connectivity index (χ2n) is 5.98. The Labute approximate surface area is 117 Å². The molecule has 3 nitrogen and oxygen atoms in total. The van der Waals surface area contributed by atoms with E-state index in [2.05, 4.69) is 46.0 Å². The van der Waals surface area contributed by atoms with Crippen molar-refractivity contribution in [2.45, 2.75) is 52.1 Å². The topological polar surface area (TPSA) is 46.5 Å². The highest BCUT2D eigenvalue weighted by Crippen LogP contribution is 2.29. The predicted octanol–water partition coefficient (Wildman–Crippen LogP) is 3.63. The first-order chi connectivity index (χ1) is 8.70. The molecule has 1 radical (unpaired) electrons. The van der Waals surface area contributed by atoms with Crippen LogP contribution in [0, 0.1) is 0 Å². The lowest BCUT2D eigenvalue weighted by Crippen LogP contribution is -2.16. The van der Waals surface area contributed by atoms with E-state index >= 15 is 0 Å². The maximum absolute atomic E-state index is 10.7. The molecule has 1 N–H and O–H groups in total. The molecular formula is C15H23O3Si.